The van der Waals surface area contributed by atoms with Gasteiger partial charge in [0.25, 0.3) is 0 Å². The van der Waals surface area contributed by atoms with E-state index in [1.54, 1.807) is 0 Å². The van der Waals surface area contributed by atoms with E-state index < -0.39 is 0 Å². The van der Waals surface area contributed by atoms with Gasteiger partial charge in [-0.25, -0.2) is 4.98 Å². The first-order valence-corrected chi connectivity index (χ1v) is 7.52. The number of rotatable bonds is 6. The molecule has 0 amide bonds. The fraction of sp³-hybridized carbons (Fsp3) is 0.412. The van der Waals surface area contributed by atoms with Gasteiger partial charge in [0.1, 0.15) is 5.82 Å². The zero-order chi connectivity index (χ0) is 15.2. The number of nitrogens with zero attached hydrogens (tertiary/aromatic N) is 2. The molecule has 2 N–H and O–H groups in total. The molecule has 0 aliphatic carbocycles. The number of hydrogen-bond donors (Lipinski definition) is 2. The zero-order valence-corrected chi connectivity index (χ0v) is 13.3. The number of aromatic nitrogens is 2. The zero-order valence-electron chi connectivity index (χ0n) is 13.3. The fourth-order valence-electron chi connectivity index (χ4n) is 2.06. The third-order valence-corrected chi connectivity index (χ3v) is 3.45. The molecule has 0 bridgehead atoms. The van der Waals surface area contributed by atoms with Crippen LogP contribution in [0.3, 0.4) is 0 Å². The van der Waals surface area contributed by atoms with Crippen LogP contribution in [0.15, 0.2) is 24.3 Å². The summed E-state index contributed by atoms with van der Waals surface area (Å²) in [6.07, 6.45) is 2.28. The van der Waals surface area contributed by atoms with E-state index in [0.29, 0.717) is 5.95 Å². The monoisotopic (exact) mass is 284 g/mol. The van der Waals surface area contributed by atoms with Crippen LogP contribution in [0.5, 0.6) is 0 Å². The number of benzene rings is 1. The highest BCUT2D eigenvalue weighted by molar-refractivity contribution is 5.59. The molecule has 1 aromatic heterocycles. The minimum Gasteiger partial charge on any atom is -0.354 e. The molecular weight excluding hydrogens is 260 g/mol. The van der Waals surface area contributed by atoms with E-state index in [-0.39, 0.29) is 0 Å². The van der Waals surface area contributed by atoms with E-state index >= 15 is 0 Å². The Hall–Kier alpha value is -2.10. The highest BCUT2D eigenvalue weighted by Gasteiger charge is 2.03. The van der Waals surface area contributed by atoms with E-state index in [0.717, 1.165) is 36.6 Å². The summed E-state index contributed by atoms with van der Waals surface area (Å²) in [7, 11) is 0. The Kier molecular flexibility index (Phi) is 5.14. The van der Waals surface area contributed by atoms with E-state index in [2.05, 4.69) is 59.6 Å². The van der Waals surface area contributed by atoms with Crippen molar-refractivity contribution in [3.8, 4) is 0 Å². The van der Waals surface area contributed by atoms with Gasteiger partial charge in [-0.05, 0) is 50.5 Å². The standard InChI is InChI=1S/C17H24N4/c1-5-6-9-18-17-19-14(4)11-16(21-17)20-15-8-7-12(2)13(3)10-15/h7-8,10-11H,5-6,9H2,1-4H3,(H2,18,19,20,21). The summed E-state index contributed by atoms with van der Waals surface area (Å²) < 4.78 is 0. The van der Waals surface area contributed by atoms with Gasteiger partial charge < -0.3 is 10.6 Å². The molecule has 0 unspecified atom stereocenters. The smallest absolute Gasteiger partial charge is 0.224 e. The average Bonchev–Trinajstić information content (AvgIpc) is 2.43. The van der Waals surface area contributed by atoms with E-state index in [9.17, 15) is 0 Å². The Morgan fingerprint density at radius 1 is 1.00 bits per heavy atom. The first-order chi connectivity index (χ1) is 10.1. The summed E-state index contributed by atoms with van der Waals surface area (Å²) >= 11 is 0. The number of nitrogens with one attached hydrogen (secondary N) is 2. The number of hydrogen-bond acceptors (Lipinski definition) is 4. The molecule has 0 saturated heterocycles. The molecule has 4 heteroatoms. The molecule has 4 nitrogen and oxygen atoms in total. The van der Waals surface area contributed by atoms with Gasteiger partial charge in [0.05, 0.1) is 0 Å². The summed E-state index contributed by atoms with van der Waals surface area (Å²) in [6, 6.07) is 8.28. The minimum atomic E-state index is 0.690. The molecule has 0 aliphatic heterocycles. The van der Waals surface area contributed by atoms with Gasteiger partial charge >= 0.3 is 0 Å². The van der Waals surface area contributed by atoms with Gasteiger partial charge in [-0.1, -0.05) is 19.4 Å². The maximum absolute atomic E-state index is 4.52. The predicted molar refractivity (Wildman–Crippen MR) is 89.4 cm³/mol. The van der Waals surface area contributed by atoms with Crippen LogP contribution in [0.25, 0.3) is 0 Å². The summed E-state index contributed by atoms with van der Waals surface area (Å²) in [5, 5.41) is 6.62. The molecule has 21 heavy (non-hydrogen) atoms. The molecule has 0 aliphatic rings. The Labute approximate surface area is 127 Å². The lowest BCUT2D eigenvalue weighted by Crippen LogP contribution is -2.07. The van der Waals surface area contributed by atoms with Crippen molar-refractivity contribution in [1.29, 1.82) is 0 Å². The van der Waals surface area contributed by atoms with Crippen LogP contribution in [-0.2, 0) is 0 Å². The SMILES string of the molecule is CCCCNc1nc(C)cc(Nc2ccc(C)c(C)c2)n1. The Morgan fingerprint density at radius 3 is 2.52 bits per heavy atom. The minimum absolute atomic E-state index is 0.690. The van der Waals surface area contributed by atoms with Crippen LogP contribution in [0.4, 0.5) is 17.5 Å². The predicted octanol–water partition coefficient (Wildman–Crippen LogP) is 4.36. The largest absolute Gasteiger partial charge is 0.354 e. The molecule has 0 atom stereocenters. The maximum atomic E-state index is 4.52. The quantitative estimate of drug-likeness (QED) is 0.774. The first kappa shape index (κ1) is 15.3. The topological polar surface area (TPSA) is 49.8 Å². The second-order valence-corrected chi connectivity index (χ2v) is 5.42. The van der Waals surface area contributed by atoms with Gasteiger partial charge in [-0.2, -0.15) is 4.98 Å². The lowest BCUT2D eigenvalue weighted by molar-refractivity contribution is 0.825. The molecular formula is C17H24N4. The molecule has 1 aromatic carbocycles. The highest BCUT2D eigenvalue weighted by Crippen LogP contribution is 2.19. The highest BCUT2D eigenvalue weighted by atomic mass is 15.1. The Balaban J connectivity index is 2.13. The second kappa shape index (κ2) is 7.07. The van der Waals surface area contributed by atoms with Crippen molar-refractivity contribution < 1.29 is 0 Å². The van der Waals surface area contributed by atoms with Crippen LogP contribution in [-0.4, -0.2) is 16.5 Å². The van der Waals surface area contributed by atoms with E-state index in [1.807, 2.05) is 13.0 Å². The van der Waals surface area contributed by atoms with Crippen molar-refractivity contribution in [2.75, 3.05) is 17.2 Å². The van der Waals surface area contributed by atoms with Crippen molar-refractivity contribution in [2.24, 2.45) is 0 Å². The normalized spacial score (nSPS) is 10.5. The number of anilines is 3. The summed E-state index contributed by atoms with van der Waals surface area (Å²) in [5.41, 5.74) is 4.57. The lowest BCUT2D eigenvalue weighted by Gasteiger charge is -2.11. The van der Waals surface area contributed by atoms with Gasteiger partial charge in [-0.15, -0.1) is 0 Å². The van der Waals surface area contributed by atoms with Crippen LogP contribution >= 0.6 is 0 Å². The number of aryl methyl sites for hydroxylation is 3. The van der Waals surface area contributed by atoms with E-state index in [1.165, 1.54) is 11.1 Å². The van der Waals surface area contributed by atoms with Gasteiger partial charge in [-0.3, -0.25) is 0 Å². The van der Waals surface area contributed by atoms with Crippen LogP contribution in [0, 0.1) is 20.8 Å². The van der Waals surface area contributed by atoms with Gasteiger partial charge in [0.15, 0.2) is 0 Å². The first-order valence-electron chi connectivity index (χ1n) is 7.52. The summed E-state index contributed by atoms with van der Waals surface area (Å²) in [6.45, 7) is 9.29. The maximum Gasteiger partial charge on any atom is 0.224 e. The Bertz CT molecular complexity index is 608. The summed E-state index contributed by atoms with van der Waals surface area (Å²) in [5.74, 6) is 1.51. The van der Waals surface area contributed by atoms with Crippen molar-refractivity contribution in [2.45, 2.75) is 40.5 Å². The van der Waals surface area contributed by atoms with E-state index in [4.69, 9.17) is 0 Å². The van der Waals surface area contributed by atoms with Crippen LogP contribution in [0.1, 0.15) is 36.6 Å². The molecule has 112 valence electrons. The molecule has 0 radical (unpaired) electrons. The van der Waals surface area contributed by atoms with Crippen LogP contribution in [0.2, 0.25) is 0 Å². The van der Waals surface area contributed by atoms with Crippen LogP contribution < -0.4 is 10.6 Å². The molecule has 0 saturated carbocycles. The van der Waals surface area contributed by atoms with Crippen molar-refractivity contribution in [3.05, 3.63) is 41.1 Å². The molecule has 1 heterocycles. The third kappa shape index (κ3) is 4.45. The molecule has 0 spiro atoms. The van der Waals surface area contributed by atoms with Crippen molar-refractivity contribution in [3.63, 3.8) is 0 Å². The van der Waals surface area contributed by atoms with Crippen molar-refractivity contribution >= 4 is 17.5 Å². The molecule has 2 aromatic rings. The van der Waals surface area contributed by atoms with Gasteiger partial charge in [0.2, 0.25) is 5.95 Å². The average molecular weight is 284 g/mol. The lowest BCUT2D eigenvalue weighted by atomic mass is 10.1. The third-order valence-electron chi connectivity index (χ3n) is 3.45. The fourth-order valence-corrected chi connectivity index (χ4v) is 2.06. The Morgan fingerprint density at radius 2 is 1.81 bits per heavy atom. The second-order valence-electron chi connectivity index (χ2n) is 5.42. The van der Waals surface area contributed by atoms with Crippen molar-refractivity contribution in [1.82, 2.24) is 9.97 Å². The molecule has 2 rings (SSSR count). The summed E-state index contributed by atoms with van der Waals surface area (Å²) in [4.78, 5) is 8.94. The molecule has 0 fully saturated rings. The van der Waals surface area contributed by atoms with Gasteiger partial charge in [0, 0.05) is 24.0 Å². The number of unbranched alkanes of at least 4 members (excludes halogenated alkanes) is 1.